The van der Waals surface area contributed by atoms with E-state index in [2.05, 4.69) is 48.0 Å². The van der Waals surface area contributed by atoms with Crippen LogP contribution in [0.15, 0.2) is 18.2 Å². The molecule has 0 aliphatic rings. The first-order valence-electron chi connectivity index (χ1n) is 5.95. The van der Waals surface area contributed by atoms with Crippen LogP contribution in [0.1, 0.15) is 37.3 Å². The monoisotopic (exact) mass is 284 g/mol. The standard InChI is InChI=1S/C14H21BrO/c1-4-5-13(15)8-7-12-10-11(2)6-9-14(12)16-3/h6,9-10,13H,4-5,7-8H2,1-3H3. The number of aryl methyl sites for hydroxylation is 2. The maximum atomic E-state index is 5.38. The molecule has 16 heavy (non-hydrogen) atoms. The molecule has 1 aromatic carbocycles. The molecule has 0 amide bonds. The van der Waals surface area contributed by atoms with Crippen LogP contribution in [-0.4, -0.2) is 11.9 Å². The third kappa shape index (κ3) is 4.17. The summed E-state index contributed by atoms with van der Waals surface area (Å²) in [7, 11) is 1.74. The Morgan fingerprint density at radius 2 is 2.06 bits per heavy atom. The second-order valence-corrected chi connectivity index (χ2v) is 5.53. The molecule has 0 fully saturated rings. The number of ether oxygens (including phenoxy) is 1. The number of methoxy groups -OCH3 is 1. The highest BCUT2D eigenvalue weighted by atomic mass is 79.9. The van der Waals surface area contributed by atoms with Gasteiger partial charge in [0.2, 0.25) is 0 Å². The van der Waals surface area contributed by atoms with Crippen molar-refractivity contribution in [3.05, 3.63) is 29.3 Å². The maximum Gasteiger partial charge on any atom is 0.122 e. The van der Waals surface area contributed by atoms with E-state index in [1.807, 2.05) is 0 Å². The van der Waals surface area contributed by atoms with Gasteiger partial charge in [-0.1, -0.05) is 47.0 Å². The van der Waals surface area contributed by atoms with Crippen LogP contribution in [0.2, 0.25) is 0 Å². The zero-order chi connectivity index (χ0) is 12.0. The van der Waals surface area contributed by atoms with Gasteiger partial charge in [-0.2, -0.15) is 0 Å². The van der Waals surface area contributed by atoms with E-state index >= 15 is 0 Å². The van der Waals surface area contributed by atoms with Gasteiger partial charge in [-0.3, -0.25) is 0 Å². The van der Waals surface area contributed by atoms with E-state index < -0.39 is 0 Å². The van der Waals surface area contributed by atoms with Gasteiger partial charge in [-0.25, -0.2) is 0 Å². The van der Waals surface area contributed by atoms with Crippen LogP contribution in [-0.2, 0) is 6.42 Å². The zero-order valence-electron chi connectivity index (χ0n) is 10.4. The van der Waals surface area contributed by atoms with E-state index in [0.29, 0.717) is 4.83 Å². The van der Waals surface area contributed by atoms with Crippen molar-refractivity contribution in [3.8, 4) is 5.75 Å². The van der Waals surface area contributed by atoms with E-state index in [1.165, 1.54) is 30.4 Å². The fraction of sp³-hybridized carbons (Fsp3) is 0.571. The number of hydrogen-bond acceptors (Lipinski definition) is 1. The van der Waals surface area contributed by atoms with Crippen molar-refractivity contribution < 1.29 is 4.74 Å². The minimum absolute atomic E-state index is 0.628. The lowest BCUT2D eigenvalue weighted by molar-refractivity contribution is 0.409. The molecule has 1 aromatic rings. The van der Waals surface area contributed by atoms with Crippen LogP contribution in [0, 0.1) is 6.92 Å². The first kappa shape index (κ1) is 13.6. The molecule has 0 N–H and O–H groups in total. The smallest absolute Gasteiger partial charge is 0.122 e. The lowest BCUT2D eigenvalue weighted by Gasteiger charge is -2.12. The van der Waals surface area contributed by atoms with Gasteiger partial charge < -0.3 is 4.74 Å². The molecule has 90 valence electrons. The molecule has 1 rings (SSSR count). The Hall–Kier alpha value is -0.500. The molecule has 0 aliphatic heterocycles. The molecule has 0 bridgehead atoms. The lowest BCUT2D eigenvalue weighted by atomic mass is 10.0. The van der Waals surface area contributed by atoms with Gasteiger partial charge in [-0.05, 0) is 37.8 Å². The zero-order valence-corrected chi connectivity index (χ0v) is 12.0. The van der Waals surface area contributed by atoms with E-state index in [4.69, 9.17) is 4.74 Å². The van der Waals surface area contributed by atoms with E-state index in [9.17, 15) is 0 Å². The quantitative estimate of drug-likeness (QED) is 0.699. The van der Waals surface area contributed by atoms with Crippen molar-refractivity contribution in [2.75, 3.05) is 7.11 Å². The first-order chi connectivity index (χ1) is 7.67. The summed E-state index contributed by atoms with van der Waals surface area (Å²) in [4.78, 5) is 0.628. The second-order valence-electron chi connectivity index (χ2n) is 4.24. The highest BCUT2D eigenvalue weighted by Crippen LogP contribution is 2.23. The second kappa shape index (κ2) is 6.95. The van der Waals surface area contributed by atoms with Gasteiger partial charge in [0, 0.05) is 4.83 Å². The van der Waals surface area contributed by atoms with Crippen molar-refractivity contribution in [1.82, 2.24) is 0 Å². The molecule has 1 nitrogen and oxygen atoms in total. The van der Waals surface area contributed by atoms with Crippen LogP contribution in [0.25, 0.3) is 0 Å². The molecular weight excluding hydrogens is 264 g/mol. The highest BCUT2D eigenvalue weighted by Gasteiger charge is 2.07. The number of alkyl halides is 1. The predicted molar refractivity (Wildman–Crippen MR) is 73.7 cm³/mol. The summed E-state index contributed by atoms with van der Waals surface area (Å²) in [5.74, 6) is 1.02. The van der Waals surface area contributed by atoms with Gasteiger partial charge >= 0.3 is 0 Å². The fourth-order valence-electron chi connectivity index (χ4n) is 1.87. The minimum Gasteiger partial charge on any atom is -0.496 e. The third-order valence-electron chi connectivity index (χ3n) is 2.76. The Morgan fingerprint density at radius 3 is 2.69 bits per heavy atom. The third-order valence-corrected chi connectivity index (χ3v) is 3.68. The Labute approximate surface area is 107 Å². The SMILES string of the molecule is CCCC(Br)CCc1cc(C)ccc1OC. The van der Waals surface area contributed by atoms with E-state index in [1.54, 1.807) is 7.11 Å². The Balaban J connectivity index is 2.61. The molecule has 0 radical (unpaired) electrons. The molecule has 1 atom stereocenters. The number of halogens is 1. The molecule has 0 aliphatic carbocycles. The summed E-state index contributed by atoms with van der Waals surface area (Å²) in [6.45, 7) is 4.35. The highest BCUT2D eigenvalue weighted by molar-refractivity contribution is 9.09. The number of benzene rings is 1. The summed E-state index contributed by atoms with van der Waals surface area (Å²) in [5.41, 5.74) is 2.63. The van der Waals surface area contributed by atoms with Gasteiger partial charge in [-0.15, -0.1) is 0 Å². The summed E-state index contributed by atoms with van der Waals surface area (Å²) < 4.78 is 5.38. The molecule has 0 saturated heterocycles. The lowest BCUT2D eigenvalue weighted by Crippen LogP contribution is -2.01. The molecule has 1 unspecified atom stereocenters. The average Bonchev–Trinajstić information content (AvgIpc) is 2.27. The average molecular weight is 285 g/mol. The topological polar surface area (TPSA) is 9.23 Å². The minimum atomic E-state index is 0.628. The van der Waals surface area contributed by atoms with Crippen molar-refractivity contribution in [3.63, 3.8) is 0 Å². The van der Waals surface area contributed by atoms with Crippen LogP contribution in [0.4, 0.5) is 0 Å². The van der Waals surface area contributed by atoms with Crippen LogP contribution >= 0.6 is 15.9 Å². The van der Waals surface area contributed by atoms with Gasteiger partial charge in [0.1, 0.15) is 5.75 Å². The van der Waals surface area contributed by atoms with Crippen LogP contribution in [0.3, 0.4) is 0 Å². The summed E-state index contributed by atoms with van der Waals surface area (Å²) in [6, 6.07) is 6.39. The number of hydrogen-bond donors (Lipinski definition) is 0. The summed E-state index contributed by atoms with van der Waals surface area (Å²) >= 11 is 3.72. The number of rotatable bonds is 6. The van der Waals surface area contributed by atoms with E-state index in [-0.39, 0.29) is 0 Å². The fourth-order valence-corrected chi connectivity index (χ4v) is 2.56. The Kier molecular flexibility index (Phi) is 5.89. The van der Waals surface area contributed by atoms with Crippen molar-refractivity contribution >= 4 is 15.9 Å². The van der Waals surface area contributed by atoms with Crippen LogP contribution < -0.4 is 4.74 Å². The molecule has 2 heteroatoms. The summed E-state index contributed by atoms with van der Waals surface area (Å²) in [6.07, 6.45) is 4.74. The van der Waals surface area contributed by atoms with Crippen molar-refractivity contribution in [2.45, 2.75) is 44.4 Å². The largest absolute Gasteiger partial charge is 0.496 e. The van der Waals surface area contributed by atoms with Crippen LogP contribution in [0.5, 0.6) is 5.75 Å². The van der Waals surface area contributed by atoms with Gasteiger partial charge in [0.05, 0.1) is 7.11 Å². The predicted octanol–water partition coefficient (Wildman–Crippen LogP) is 4.50. The molecule has 0 saturated carbocycles. The van der Waals surface area contributed by atoms with Gasteiger partial charge in [0.15, 0.2) is 0 Å². The van der Waals surface area contributed by atoms with Crippen molar-refractivity contribution in [2.24, 2.45) is 0 Å². The Bertz CT molecular complexity index is 323. The molecule has 0 heterocycles. The van der Waals surface area contributed by atoms with Crippen molar-refractivity contribution in [1.29, 1.82) is 0 Å². The molecular formula is C14H21BrO. The maximum absolute atomic E-state index is 5.38. The Morgan fingerprint density at radius 1 is 1.31 bits per heavy atom. The first-order valence-corrected chi connectivity index (χ1v) is 6.86. The molecule has 0 aromatic heterocycles. The molecule has 0 spiro atoms. The normalized spacial score (nSPS) is 12.5. The summed E-state index contributed by atoms with van der Waals surface area (Å²) in [5, 5.41) is 0. The van der Waals surface area contributed by atoms with E-state index in [0.717, 1.165) is 12.2 Å². The van der Waals surface area contributed by atoms with Gasteiger partial charge in [0.25, 0.3) is 0 Å².